The van der Waals surface area contributed by atoms with Crippen LogP contribution < -0.4 is 10.9 Å². The molecule has 0 radical (unpaired) electrons. The lowest BCUT2D eigenvalue weighted by Crippen LogP contribution is -2.50. The standard InChI is InChI=1S/C25H34N6O2/c1-18-6-11-27-31(18)15-10-23(32)29-12-8-20(9-13-29)24-22(16-26-28-24)25(33)30-14-7-19-4-2-3-5-21(19)17-30/h2-6,11,20,22,24,26,28H,7-10,12-17H2,1H3. The molecule has 1 aromatic carbocycles. The Labute approximate surface area is 195 Å². The van der Waals surface area contributed by atoms with E-state index in [1.54, 1.807) is 6.20 Å². The highest BCUT2D eigenvalue weighted by Crippen LogP contribution is 2.29. The average molecular weight is 451 g/mol. The second kappa shape index (κ2) is 9.65. The number of hydrazine groups is 1. The molecule has 1 aromatic heterocycles. The predicted molar refractivity (Wildman–Crippen MR) is 125 cm³/mol. The first-order valence-electron chi connectivity index (χ1n) is 12.2. The summed E-state index contributed by atoms with van der Waals surface area (Å²) in [7, 11) is 0. The van der Waals surface area contributed by atoms with Gasteiger partial charge in [0.1, 0.15) is 0 Å². The Morgan fingerprint density at radius 3 is 2.61 bits per heavy atom. The van der Waals surface area contributed by atoms with Crippen molar-refractivity contribution in [1.29, 1.82) is 0 Å². The van der Waals surface area contributed by atoms with E-state index in [2.05, 4.69) is 40.2 Å². The molecule has 2 amide bonds. The molecule has 8 nitrogen and oxygen atoms in total. The maximum Gasteiger partial charge on any atom is 0.228 e. The molecule has 2 aromatic rings. The molecule has 2 N–H and O–H groups in total. The first-order valence-corrected chi connectivity index (χ1v) is 12.2. The van der Waals surface area contributed by atoms with Gasteiger partial charge in [-0.25, -0.2) is 0 Å². The number of carbonyl (C=O) groups is 2. The van der Waals surface area contributed by atoms with E-state index >= 15 is 0 Å². The molecular formula is C25H34N6O2. The Bertz CT molecular complexity index is 996. The van der Waals surface area contributed by atoms with Crippen molar-refractivity contribution in [2.75, 3.05) is 26.2 Å². The van der Waals surface area contributed by atoms with Crippen LogP contribution >= 0.6 is 0 Å². The van der Waals surface area contributed by atoms with Crippen molar-refractivity contribution >= 4 is 11.8 Å². The molecule has 0 bridgehead atoms. The van der Waals surface area contributed by atoms with Gasteiger partial charge in [-0.2, -0.15) is 5.10 Å². The number of hydrogen-bond acceptors (Lipinski definition) is 5. The van der Waals surface area contributed by atoms with E-state index in [4.69, 9.17) is 0 Å². The number of aromatic nitrogens is 2. The normalized spacial score (nSPS) is 23.5. The third-order valence-electron chi connectivity index (χ3n) is 7.65. The number of amides is 2. The zero-order valence-electron chi connectivity index (χ0n) is 19.4. The van der Waals surface area contributed by atoms with Crippen LogP contribution in [0.2, 0.25) is 0 Å². The van der Waals surface area contributed by atoms with Crippen LogP contribution in [0.5, 0.6) is 0 Å². The van der Waals surface area contributed by atoms with Gasteiger partial charge in [-0.15, -0.1) is 0 Å². The van der Waals surface area contributed by atoms with E-state index in [1.165, 1.54) is 11.1 Å². The van der Waals surface area contributed by atoms with Crippen molar-refractivity contribution in [2.24, 2.45) is 11.8 Å². The number of hydrogen-bond donors (Lipinski definition) is 2. The third-order valence-corrected chi connectivity index (χ3v) is 7.65. The fraction of sp³-hybridized carbons (Fsp3) is 0.560. The Balaban J connectivity index is 1.14. The van der Waals surface area contributed by atoms with Crippen LogP contribution in [0.25, 0.3) is 0 Å². The first kappa shape index (κ1) is 22.1. The molecule has 5 rings (SSSR count). The maximum absolute atomic E-state index is 13.4. The van der Waals surface area contributed by atoms with Gasteiger partial charge in [0, 0.05) is 63.6 Å². The highest BCUT2D eigenvalue weighted by Gasteiger charge is 2.41. The Morgan fingerprint density at radius 1 is 1.06 bits per heavy atom. The molecule has 8 heteroatoms. The van der Waals surface area contributed by atoms with Gasteiger partial charge in [0.15, 0.2) is 0 Å². The number of rotatable bonds is 5. The summed E-state index contributed by atoms with van der Waals surface area (Å²) < 4.78 is 1.88. The van der Waals surface area contributed by atoms with Crippen molar-refractivity contribution in [2.45, 2.75) is 51.7 Å². The lowest BCUT2D eigenvalue weighted by molar-refractivity contribution is -0.138. The number of aryl methyl sites for hydroxylation is 2. The third kappa shape index (κ3) is 4.68. The molecule has 2 atom stereocenters. The van der Waals surface area contributed by atoms with Gasteiger partial charge in [0.2, 0.25) is 11.8 Å². The van der Waals surface area contributed by atoms with Gasteiger partial charge in [-0.3, -0.25) is 25.1 Å². The molecular weight excluding hydrogens is 416 g/mol. The molecule has 2 fully saturated rings. The van der Waals surface area contributed by atoms with Crippen molar-refractivity contribution in [3.63, 3.8) is 0 Å². The monoisotopic (exact) mass is 450 g/mol. The predicted octanol–water partition coefficient (Wildman–Crippen LogP) is 1.50. The van der Waals surface area contributed by atoms with Crippen molar-refractivity contribution in [3.05, 3.63) is 53.3 Å². The second-order valence-electron chi connectivity index (χ2n) is 9.60. The summed E-state index contributed by atoms with van der Waals surface area (Å²) in [5, 5.41) is 4.27. The number of nitrogens with zero attached hydrogens (tertiary/aromatic N) is 4. The fourth-order valence-electron chi connectivity index (χ4n) is 5.62. The number of nitrogens with one attached hydrogen (secondary N) is 2. The van der Waals surface area contributed by atoms with Crippen LogP contribution in [0.4, 0.5) is 0 Å². The quantitative estimate of drug-likeness (QED) is 0.722. The van der Waals surface area contributed by atoms with Crippen LogP contribution in [0.3, 0.4) is 0 Å². The minimum atomic E-state index is -0.0506. The minimum absolute atomic E-state index is 0.0506. The lowest BCUT2D eigenvalue weighted by Gasteiger charge is -2.38. The van der Waals surface area contributed by atoms with Crippen LogP contribution in [0.1, 0.15) is 36.1 Å². The number of fused-ring (bicyclic) bond motifs is 1. The van der Waals surface area contributed by atoms with Crippen LogP contribution in [-0.2, 0) is 29.1 Å². The van der Waals surface area contributed by atoms with Gasteiger partial charge in [-0.05, 0) is 49.3 Å². The van der Waals surface area contributed by atoms with Gasteiger partial charge in [-0.1, -0.05) is 24.3 Å². The lowest BCUT2D eigenvalue weighted by atomic mass is 9.82. The first-order chi connectivity index (χ1) is 16.1. The average Bonchev–Trinajstić information content (AvgIpc) is 3.51. The molecule has 0 spiro atoms. The van der Waals surface area contributed by atoms with Crippen molar-refractivity contribution in [1.82, 2.24) is 30.4 Å². The van der Waals surface area contributed by atoms with Gasteiger partial charge >= 0.3 is 0 Å². The van der Waals surface area contributed by atoms with E-state index < -0.39 is 0 Å². The van der Waals surface area contributed by atoms with Crippen LogP contribution in [-0.4, -0.2) is 63.6 Å². The molecule has 2 unspecified atom stereocenters. The summed E-state index contributed by atoms with van der Waals surface area (Å²) in [4.78, 5) is 30.2. The molecule has 2 saturated heterocycles. The fourth-order valence-corrected chi connectivity index (χ4v) is 5.62. The molecule has 3 aliphatic rings. The molecule has 0 aliphatic carbocycles. The van der Waals surface area contributed by atoms with E-state index in [9.17, 15) is 9.59 Å². The minimum Gasteiger partial charge on any atom is -0.343 e. The zero-order chi connectivity index (χ0) is 22.8. The Hall–Kier alpha value is -2.71. The molecule has 3 aliphatic heterocycles. The molecule has 33 heavy (non-hydrogen) atoms. The smallest absolute Gasteiger partial charge is 0.228 e. The highest BCUT2D eigenvalue weighted by molar-refractivity contribution is 5.80. The summed E-state index contributed by atoms with van der Waals surface area (Å²) in [6, 6.07) is 10.5. The van der Waals surface area contributed by atoms with Crippen LogP contribution in [0.15, 0.2) is 36.5 Å². The van der Waals surface area contributed by atoms with E-state index in [1.807, 2.05) is 27.5 Å². The second-order valence-corrected chi connectivity index (χ2v) is 9.60. The Kier molecular flexibility index (Phi) is 6.46. The molecule has 4 heterocycles. The van der Waals surface area contributed by atoms with E-state index in [0.717, 1.165) is 44.6 Å². The SMILES string of the molecule is Cc1ccnn1CCC(=O)N1CCC(C2NNCC2C(=O)N2CCc3ccccc3C2)CC1. The van der Waals surface area contributed by atoms with E-state index in [-0.39, 0.29) is 23.8 Å². The summed E-state index contributed by atoms with van der Waals surface area (Å²) >= 11 is 0. The topological polar surface area (TPSA) is 82.5 Å². The molecule has 0 saturated carbocycles. The zero-order valence-corrected chi connectivity index (χ0v) is 19.4. The number of likely N-dealkylation sites (tertiary alicyclic amines) is 1. The largest absolute Gasteiger partial charge is 0.343 e. The van der Waals surface area contributed by atoms with Crippen LogP contribution in [0, 0.1) is 18.8 Å². The molecule has 176 valence electrons. The van der Waals surface area contributed by atoms with E-state index in [0.29, 0.717) is 32.0 Å². The summed E-state index contributed by atoms with van der Waals surface area (Å²) in [5.41, 5.74) is 10.4. The van der Waals surface area contributed by atoms with Gasteiger partial charge in [0.25, 0.3) is 0 Å². The summed E-state index contributed by atoms with van der Waals surface area (Å²) in [6.45, 7) is 6.33. The Morgan fingerprint density at radius 2 is 1.85 bits per heavy atom. The summed E-state index contributed by atoms with van der Waals surface area (Å²) in [5.74, 6) is 0.786. The van der Waals surface area contributed by atoms with Crippen molar-refractivity contribution < 1.29 is 9.59 Å². The highest BCUT2D eigenvalue weighted by atomic mass is 16.2. The van der Waals surface area contributed by atoms with Gasteiger partial charge in [0.05, 0.1) is 5.92 Å². The number of piperidine rings is 1. The van der Waals surface area contributed by atoms with Crippen molar-refractivity contribution in [3.8, 4) is 0 Å². The maximum atomic E-state index is 13.4. The van der Waals surface area contributed by atoms with Gasteiger partial charge < -0.3 is 9.80 Å². The number of carbonyl (C=O) groups excluding carboxylic acids is 2. The number of benzene rings is 1. The summed E-state index contributed by atoms with van der Waals surface area (Å²) in [6.07, 6.45) is 5.04.